The lowest BCUT2D eigenvalue weighted by Crippen LogP contribution is -2.40. The first-order valence-electron chi connectivity index (χ1n) is 14.4. The van der Waals surface area contributed by atoms with Crippen molar-refractivity contribution in [1.82, 2.24) is 9.80 Å². The van der Waals surface area contributed by atoms with Gasteiger partial charge in [0.2, 0.25) is 11.5 Å². The summed E-state index contributed by atoms with van der Waals surface area (Å²) >= 11 is 0. The Kier molecular flexibility index (Phi) is 14.9. The maximum Gasteiger partial charge on any atom is 0.320 e. The van der Waals surface area contributed by atoms with E-state index in [4.69, 9.17) is 37.9 Å². The molecule has 12 heteroatoms. The normalized spacial score (nSPS) is 11.1. The summed E-state index contributed by atoms with van der Waals surface area (Å²) in [5.74, 6) is 2.26. The molecule has 0 spiro atoms. The Hall–Kier alpha value is -3.90. The smallest absolute Gasteiger partial charge is 0.320 e. The molecule has 44 heavy (non-hydrogen) atoms. The molecule has 0 heterocycles. The van der Waals surface area contributed by atoms with Crippen molar-refractivity contribution in [3.8, 4) is 34.5 Å². The number of ether oxygens (including phenoxy) is 8. The van der Waals surface area contributed by atoms with E-state index >= 15 is 0 Å². The van der Waals surface area contributed by atoms with Crippen molar-refractivity contribution in [2.75, 3.05) is 68.8 Å². The molecule has 0 atom stereocenters. The predicted octanol–water partition coefficient (Wildman–Crippen LogP) is 3.95. The lowest BCUT2D eigenvalue weighted by Gasteiger charge is -2.28. The molecule has 0 aliphatic carbocycles. The zero-order chi connectivity index (χ0) is 32.8. The molecule has 246 valence electrons. The molecule has 0 radical (unpaired) electrons. The van der Waals surface area contributed by atoms with Crippen molar-refractivity contribution in [1.29, 1.82) is 0 Å². The van der Waals surface area contributed by atoms with Crippen molar-refractivity contribution in [2.24, 2.45) is 0 Å². The van der Waals surface area contributed by atoms with Crippen LogP contribution >= 0.6 is 0 Å². The predicted molar refractivity (Wildman–Crippen MR) is 165 cm³/mol. The first-order valence-corrected chi connectivity index (χ1v) is 14.4. The van der Waals surface area contributed by atoms with E-state index in [1.165, 1.54) is 0 Å². The molecule has 0 bridgehead atoms. The van der Waals surface area contributed by atoms with Crippen LogP contribution in [0.15, 0.2) is 24.3 Å². The molecule has 0 fully saturated rings. The van der Waals surface area contributed by atoms with Crippen LogP contribution in [0.2, 0.25) is 0 Å². The van der Waals surface area contributed by atoms with Crippen LogP contribution in [0.3, 0.4) is 0 Å². The minimum absolute atomic E-state index is 0.0311. The van der Waals surface area contributed by atoms with E-state index in [0.717, 1.165) is 11.1 Å². The third-order valence-corrected chi connectivity index (χ3v) is 6.43. The fourth-order valence-corrected chi connectivity index (χ4v) is 4.65. The van der Waals surface area contributed by atoms with Gasteiger partial charge in [-0.2, -0.15) is 0 Å². The van der Waals surface area contributed by atoms with E-state index in [-0.39, 0.29) is 37.2 Å². The minimum atomic E-state index is -0.358. The van der Waals surface area contributed by atoms with E-state index in [1.54, 1.807) is 70.4 Å². The fraction of sp³-hybridized carbons (Fsp3) is 0.562. The number of carbonyl (C=O) groups excluding carboxylic acids is 2. The van der Waals surface area contributed by atoms with Crippen molar-refractivity contribution in [3.63, 3.8) is 0 Å². The molecular weight excluding hydrogens is 572 g/mol. The third-order valence-electron chi connectivity index (χ3n) is 6.43. The Labute approximate surface area is 261 Å². The molecule has 0 aliphatic heterocycles. The number of esters is 2. The Morgan fingerprint density at radius 1 is 0.545 bits per heavy atom. The van der Waals surface area contributed by atoms with Crippen LogP contribution < -0.4 is 28.4 Å². The summed E-state index contributed by atoms with van der Waals surface area (Å²) in [6, 6.07) is 7.37. The highest BCUT2D eigenvalue weighted by Crippen LogP contribution is 2.39. The first-order chi connectivity index (χ1) is 21.0. The van der Waals surface area contributed by atoms with Gasteiger partial charge in [0.1, 0.15) is 0 Å². The van der Waals surface area contributed by atoms with Gasteiger partial charge in [0.15, 0.2) is 23.0 Å². The number of rotatable bonds is 19. The molecule has 2 rings (SSSR count). The Morgan fingerprint density at radius 2 is 0.841 bits per heavy atom. The molecule has 0 amide bonds. The second-order valence-electron chi connectivity index (χ2n) is 10.6. The summed E-state index contributed by atoms with van der Waals surface area (Å²) in [4.78, 5) is 29.4. The van der Waals surface area contributed by atoms with Gasteiger partial charge in [-0.05, 0) is 63.1 Å². The van der Waals surface area contributed by atoms with E-state index in [0.29, 0.717) is 60.7 Å². The number of carbonyl (C=O) groups is 2. The highest BCUT2D eigenvalue weighted by molar-refractivity contribution is 5.72. The van der Waals surface area contributed by atoms with Crippen LogP contribution in [0.4, 0.5) is 0 Å². The average molecular weight is 621 g/mol. The molecule has 12 nitrogen and oxygen atoms in total. The molecule has 0 saturated carbocycles. The van der Waals surface area contributed by atoms with Crippen molar-refractivity contribution in [3.05, 3.63) is 35.4 Å². The Bertz CT molecular complexity index is 1070. The summed E-state index contributed by atoms with van der Waals surface area (Å²) < 4.78 is 43.9. The SMILES string of the molecule is COc1cc(CN(CCN(CC(=O)OC(C)C)Cc2cc(OC)c(OC)c(OC)c2)CC(=O)OC(C)C)cc(OC)c1OC. The number of hydrogen-bond donors (Lipinski definition) is 0. The number of nitrogens with zero attached hydrogens (tertiary/aromatic N) is 2. The van der Waals surface area contributed by atoms with Gasteiger partial charge in [-0.3, -0.25) is 19.4 Å². The standard InChI is InChI=1S/C32H48N2O10/c1-21(2)43-29(35)19-33(17-23-13-25(37-5)31(41-9)26(14-23)38-6)11-12-34(20-30(36)44-22(3)4)18-24-15-27(39-7)32(42-10)28(16-24)40-8/h13-16,21-22H,11-12,17-20H2,1-10H3. The maximum absolute atomic E-state index is 12.8. The fourth-order valence-electron chi connectivity index (χ4n) is 4.65. The van der Waals surface area contributed by atoms with Crippen molar-refractivity contribution >= 4 is 11.9 Å². The van der Waals surface area contributed by atoms with E-state index in [2.05, 4.69) is 0 Å². The summed E-state index contributed by atoms with van der Waals surface area (Å²) in [7, 11) is 9.29. The van der Waals surface area contributed by atoms with E-state index in [1.807, 2.05) is 34.1 Å². The Balaban J connectivity index is 2.40. The molecule has 0 unspecified atom stereocenters. The topological polar surface area (TPSA) is 114 Å². The minimum Gasteiger partial charge on any atom is -0.493 e. The van der Waals surface area contributed by atoms with Gasteiger partial charge in [0.05, 0.1) is 68.0 Å². The molecule has 0 aromatic heterocycles. The second-order valence-corrected chi connectivity index (χ2v) is 10.6. The van der Waals surface area contributed by atoms with Gasteiger partial charge in [-0.25, -0.2) is 0 Å². The molecule has 2 aromatic rings. The molecule has 0 aliphatic rings. The van der Waals surface area contributed by atoms with Gasteiger partial charge in [-0.1, -0.05) is 0 Å². The van der Waals surface area contributed by atoms with Crippen molar-refractivity contribution in [2.45, 2.75) is 53.0 Å². The van der Waals surface area contributed by atoms with Crippen LogP contribution in [0.25, 0.3) is 0 Å². The lowest BCUT2D eigenvalue weighted by molar-refractivity contribution is -0.150. The third kappa shape index (κ3) is 11.0. The Morgan fingerprint density at radius 3 is 1.07 bits per heavy atom. The summed E-state index contributed by atoms with van der Waals surface area (Å²) in [6.45, 7) is 8.87. The molecule has 2 aromatic carbocycles. The van der Waals surface area contributed by atoms with Crippen LogP contribution in [-0.4, -0.2) is 103 Å². The molecule has 0 N–H and O–H groups in total. The highest BCUT2D eigenvalue weighted by Gasteiger charge is 2.22. The van der Waals surface area contributed by atoms with E-state index in [9.17, 15) is 9.59 Å². The lowest BCUT2D eigenvalue weighted by atomic mass is 10.1. The van der Waals surface area contributed by atoms with Crippen molar-refractivity contribution < 1.29 is 47.5 Å². The molecule has 0 saturated heterocycles. The van der Waals surface area contributed by atoms with Crippen LogP contribution in [0.5, 0.6) is 34.5 Å². The van der Waals surface area contributed by atoms with Gasteiger partial charge < -0.3 is 37.9 Å². The highest BCUT2D eigenvalue weighted by atomic mass is 16.6. The van der Waals surface area contributed by atoms with Gasteiger partial charge >= 0.3 is 11.9 Å². The average Bonchev–Trinajstić information content (AvgIpc) is 2.97. The summed E-state index contributed by atoms with van der Waals surface area (Å²) in [5, 5.41) is 0. The monoisotopic (exact) mass is 620 g/mol. The van der Waals surface area contributed by atoms with E-state index < -0.39 is 0 Å². The largest absolute Gasteiger partial charge is 0.493 e. The molecular formula is C32H48N2O10. The van der Waals surface area contributed by atoms with Crippen LogP contribution in [-0.2, 0) is 32.2 Å². The van der Waals surface area contributed by atoms with Gasteiger partial charge in [0, 0.05) is 26.2 Å². The maximum atomic E-state index is 12.8. The van der Waals surface area contributed by atoms with Gasteiger partial charge in [0.25, 0.3) is 0 Å². The van der Waals surface area contributed by atoms with Gasteiger partial charge in [-0.15, -0.1) is 0 Å². The quantitative estimate of drug-likeness (QED) is 0.212. The first kappa shape index (κ1) is 36.3. The second kappa shape index (κ2) is 18.0. The number of methoxy groups -OCH3 is 6. The van der Waals surface area contributed by atoms with Crippen LogP contribution in [0.1, 0.15) is 38.8 Å². The zero-order valence-electron chi connectivity index (χ0n) is 27.7. The number of benzene rings is 2. The van der Waals surface area contributed by atoms with Crippen LogP contribution in [0, 0.1) is 0 Å². The number of hydrogen-bond acceptors (Lipinski definition) is 12. The zero-order valence-corrected chi connectivity index (χ0v) is 27.7. The summed E-state index contributed by atoms with van der Waals surface area (Å²) in [5.41, 5.74) is 1.68. The summed E-state index contributed by atoms with van der Waals surface area (Å²) in [6.07, 6.45) is -0.513.